The summed E-state index contributed by atoms with van der Waals surface area (Å²) < 4.78 is 32.2. The number of carbonyl (C=O) groups excluding carboxylic acids is 1. The zero-order chi connectivity index (χ0) is 17.9. The zero-order valence-electron chi connectivity index (χ0n) is 14.7. The van der Waals surface area contributed by atoms with Crippen LogP contribution in [0.15, 0.2) is 29.2 Å². The molecule has 0 atom stereocenters. The van der Waals surface area contributed by atoms with Crippen LogP contribution in [0.3, 0.4) is 0 Å². The Kier molecular flexibility index (Phi) is 5.64. The van der Waals surface area contributed by atoms with Gasteiger partial charge in [-0.3, -0.25) is 4.79 Å². The van der Waals surface area contributed by atoms with Gasteiger partial charge in [0.15, 0.2) is 0 Å². The minimum atomic E-state index is -3.55. The highest BCUT2D eigenvalue weighted by atomic mass is 32.2. The van der Waals surface area contributed by atoms with Gasteiger partial charge in [-0.05, 0) is 25.0 Å². The third-order valence-electron chi connectivity index (χ3n) is 5.18. The maximum atomic E-state index is 12.8. The SMILES string of the molecule is COc1cccc(S(=O)(=O)N2CCN(C(=O)C3CCCCC3)CC2)c1. The summed E-state index contributed by atoms with van der Waals surface area (Å²) in [4.78, 5) is 14.7. The Labute approximate surface area is 149 Å². The van der Waals surface area contributed by atoms with Crippen LogP contribution in [0.25, 0.3) is 0 Å². The Bertz CT molecular complexity index is 706. The number of carbonyl (C=O) groups is 1. The van der Waals surface area contributed by atoms with E-state index in [2.05, 4.69) is 0 Å². The summed E-state index contributed by atoms with van der Waals surface area (Å²) in [6.45, 7) is 1.63. The van der Waals surface area contributed by atoms with E-state index in [1.165, 1.54) is 23.9 Å². The number of hydrogen-bond acceptors (Lipinski definition) is 4. The first-order valence-electron chi connectivity index (χ1n) is 8.95. The second-order valence-electron chi connectivity index (χ2n) is 6.74. The highest BCUT2D eigenvalue weighted by molar-refractivity contribution is 7.89. The van der Waals surface area contributed by atoms with Gasteiger partial charge >= 0.3 is 0 Å². The molecule has 138 valence electrons. The number of benzene rings is 1. The van der Waals surface area contributed by atoms with Crippen molar-refractivity contribution >= 4 is 15.9 Å². The Morgan fingerprint density at radius 1 is 1.08 bits per heavy atom. The second-order valence-corrected chi connectivity index (χ2v) is 8.68. The zero-order valence-corrected chi connectivity index (χ0v) is 15.5. The van der Waals surface area contributed by atoms with E-state index in [9.17, 15) is 13.2 Å². The maximum absolute atomic E-state index is 12.8. The molecular formula is C18H26N2O4S. The standard InChI is InChI=1S/C18H26N2O4S/c1-24-16-8-5-9-17(14-16)25(22,23)20-12-10-19(11-13-20)18(21)15-6-3-2-4-7-15/h5,8-9,14-15H,2-4,6-7,10-13H2,1H3. The number of hydrogen-bond donors (Lipinski definition) is 0. The average molecular weight is 366 g/mol. The van der Waals surface area contributed by atoms with E-state index in [0.717, 1.165) is 25.7 Å². The van der Waals surface area contributed by atoms with Crippen LogP contribution in [-0.2, 0) is 14.8 Å². The minimum Gasteiger partial charge on any atom is -0.497 e. The summed E-state index contributed by atoms with van der Waals surface area (Å²) in [6, 6.07) is 6.51. The van der Waals surface area contributed by atoms with Crippen LogP contribution in [0.4, 0.5) is 0 Å². The number of rotatable bonds is 4. The quantitative estimate of drug-likeness (QED) is 0.819. The molecule has 1 heterocycles. The lowest BCUT2D eigenvalue weighted by molar-refractivity contribution is -0.137. The summed E-state index contributed by atoms with van der Waals surface area (Å²) in [5.74, 6) is 0.862. The molecule has 1 aliphatic carbocycles. The third-order valence-corrected chi connectivity index (χ3v) is 7.08. The third kappa shape index (κ3) is 3.98. The van der Waals surface area contributed by atoms with E-state index in [4.69, 9.17) is 4.74 Å². The molecular weight excluding hydrogens is 340 g/mol. The number of methoxy groups -OCH3 is 1. The van der Waals surface area contributed by atoms with Crippen molar-refractivity contribution in [3.8, 4) is 5.75 Å². The van der Waals surface area contributed by atoms with Crippen molar-refractivity contribution in [1.29, 1.82) is 0 Å². The molecule has 1 aliphatic heterocycles. The highest BCUT2D eigenvalue weighted by Crippen LogP contribution is 2.27. The fourth-order valence-electron chi connectivity index (χ4n) is 3.67. The molecule has 1 saturated heterocycles. The topological polar surface area (TPSA) is 66.9 Å². The van der Waals surface area contributed by atoms with Crippen LogP contribution >= 0.6 is 0 Å². The van der Waals surface area contributed by atoms with Gasteiger partial charge in [-0.1, -0.05) is 25.3 Å². The molecule has 1 amide bonds. The molecule has 0 N–H and O–H groups in total. The summed E-state index contributed by atoms with van der Waals surface area (Å²) in [7, 11) is -2.04. The normalized spacial score (nSPS) is 20.4. The van der Waals surface area contributed by atoms with E-state index >= 15 is 0 Å². The van der Waals surface area contributed by atoms with Crippen molar-refractivity contribution in [1.82, 2.24) is 9.21 Å². The number of nitrogens with zero attached hydrogens (tertiary/aromatic N) is 2. The van der Waals surface area contributed by atoms with Crippen LogP contribution in [0, 0.1) is 5.92 Å². The number of sulfonamides is 1. The van der Waals surface area contributed by atoms with E-state index in [0.29, 0.717) is 31.9 Å². The number of amides is 1. The van der Waals surface area contributed by atoms with Gasteiger partial charge in [0.1, 0.15) is 5.75 Å². The Balaban J connectivity index is 1.63. The lowest BCUT2D eigenvalue weighted by Crippen LogP contribution is -2.52. The van der Waals surface area contributed by atoms with Gasteiger partial charge in [0.25, 0.3) is 0 Å². The molecule has 2 fully saturated rings. The lowest BCUT2D eigenvalue weighted by atomic mass is 9.88. The molecule has 1 aromatic carbocycles. The minimum absolute atomic E-state index is 0.135. The summed E-state index contributed by atoms with van der Waals surface area (Å²) in [5, 5.41) is 0. The second kappa shape index (κ2) is 7.74. The molecule has 1 saturated carbocycles. The molecule has 0 bridgehead atoms. The molecule has 2 aliphatic rings. The van der Waals surface area contributed by atoms with E-state index in [1.807, 2.05) is 4.90 Å². The van der Waals surface area contributed by atoms with E-state index < -0.39 is 10.0 Å². The fourth-order valence-corrected chi connectivity index (χ4v) is 5.13. The molecule has 0 spiro atoms. The first-order chi connectivity index (χ1) is 12.0. The highest BCUT2D eigenvalue weighted by Gasteiger charge is 2.33. The molecule has 0 radical (unpaired) electrons. The Morgan fingerprint density at radius 3 is 2.40 bits per heavy atom. The van der Waals surface area contributed by atoms with Gasteiger partial charge in [0.05, 0.1) is 12.0 Å². The largest absolute Gasteiger partial charge is 0.497 e. The van der Waals surface area contributed by atoms with Gasteiger partial charge in [-0.2, -0.15) is 4.31 Å². The average Bonchev–Trinajstić information content (AvgIpc) is 2.68. The fraction of sp³-hybridized carbons (Fsp3) is 0.611. The van der Waals surface area contributed by atoms with Crippen LogP contribution in [0.2, 0.25) is 0 Å². The van der Waals surface area contributed by atoms with Gasteiger partial charge in [-0.15, -0.1) is 0 Å². The van der Waals surface area contributed by atoms with E-state index in [-0.39, 0.29) is 16.7 Å². The van der Waals surface area contributed by atoms with E-state index in [1.54, 1.807) is 18.2 Å². The van der Waals surface area contributed by atoms with Crippen molar-refractivity contribution in [3.05, 3.63) is 24.3 Å². The molecule has 1 aromatic rings. The van der Waals surface area contributed by atoms with Gasteiger partial charge < -0.3 is 9.64 Å². The van der Waals surface area contributed by atoms with Crippen molar-refractivity contribution in [3.63, 3.8) is 0 Å². The van der Waals surface area contributed by atoms with Gasteiger partial charge in [0, 0.05) is 38.2 Å². The maximum Gasteiger partial charge on any atom is 0.243 e. The van der Waals surface area contributed by atoms with Gasteiger partial charge in [-0.25, -0.2) is 8.42 Å². The summed E-state index contributed by atoms with van der Waals surface area (Å²) in [6.07, 6.45) is 5.42. The molecule has 6 nitrogen and oxygen atoms in total. The molecule has 0 aromatic heterocycles. The smallest absolute Gasteiger partial charge is 0.243 e. The van der Waals surface area contributed by atoms with Crippen molar-refractivity contribution < 1.29 is 17.9 Å². The predicted octanol–water partition coefficient (Wildman–Crippen LogP) is 2.11. The van der Waals surface area contributed by atoms with Crippen LogP contribution in [-0.4, -0.2) is 56.8 Å². The predicted molar refractivity (Wildman–Crippen MR) is 94.9 cm³/mol. The Hall–Kier alpha value is -1.60. The lowest BCUT2D eigenvalue weighted by Gasteiger charge is -2.36. The van der Waals surface area contributed by atoms with Gasteiger partial charge in [0.2, 0.25) is 15.9 Å². The summed E-state index contributed by atoms with van der Waals surface area (Å²) >= 11 is 0. The molecule has 25 heavy (non-hydrogen) atoms. The Morgan fingerprint density at radius 2 is 1.76 bits per heavy atom. The molecule has 0 unspecified atom stereocenters. The first kappa shape index (κ1) is 18.2. The van der Waals surface area contributed by atoms with Crippen molar-refractivity contribution in [2.45, 2.75) is 37.0 Å². The molecule has 3 rings (SSSR count). The monoisotopic (exact) mass is 366 g/mol. The van der Waals surface area contributed by atoms with Crippen LogP contribution < -0.4 is 4.74 Å². The van der Waals surface area contributed by atoms with Crippen LogP contribution in [0.1, 0.15) is 32.1 Å². The number of piperazine rings is 1. The molecule has 7 heteroatoms. The van der Waals surface area contributed by atoms with Crippen molar-refractivity contribution in [2.75, 3.05) is 33.3 Å². The van der Waals surface area contributed by atoms with Crippen molar-refractivity contribution in [2.24, 2.45) is 5.92 Å². The first-order valence-corrected chi connectivity index (χ1v) is 10.4. The van der Waals surface area contributed by atoms with Crippen LogP contribution in [0.5, 0.6) is 5.75 Å². The summed E-state index contributed by atoms with van der Waals surface area (Å²) in [5.41, 5.74) is 0. The number of ether oxygens (including phenoxy) is 1.